The van der Waals surface area contributed by atoms with Gasteiger partial charge in [0.05, 0.1) is 6.04 Å². The Morgan fingerprint density at radius 2 is 2.14 bits per heavy atom. The van der Waals surface area contributed by atoms with E-state index in [1.807, 2.05) is 12.1 Å². The number of carbonyl (C=O) groups is 1. The summed E-state index contributed by atoms with van der Waals surface area (Å²) in [5, 5.41) is 5.88. The molecule has 0 radical (unpaired) electrons. The molecule has 3 heteroatoms. The molecule has 74 valence electrons. The van der Waals surface area contributed by atoms with E-state index in [0.717, 1.165) is 13.0 Å². The molecule has 1 atom stereocenters. The van der Waals surface area contributed by atoms with Crippen LogP contribution in [0, 0.1) is 0 Å². The van der Waals surface area contributed by atoms with E-state index in [9.17, 15) is 4.79 Å². The molecule has 0 unspecified atom stereocenters. The van der Waals surface area contributed by atoms with Gasteiger partial charge in [-0.1, -0.05) is 24.3 Å². The minimum absolute atomic E-state index is 0.0690. The first kappa shape index (κ1) is 9.21. The third kappa shape index (κ3) is 1.63. The molecule has 0 fully saturated rings. The highest BCUT2D eigenvalue weighted by Crippen LogP contribution is 2.15. The van der Waals surface area contributed by atoms with Crippen molar-refractivity contribution in [1.29, 1.82) is 0 Å². The lowest BCUT2D eigenvalue weighted by atomic mass is 9.95. The van der Waals surface area contributed by atoms with E-state index in [-0.39, 0.29) is 11.9 Å². The molecular weight excluding hydrogens is 176 g/mol. The average Bonchev–Trinajstić information content (AvgIpc) is 2.27. The van der Waals surface area contributed by atoms with Gasteiger partial charge in [-0.25, -0.2) is 0 Å². The van der Waals surface area contributed by atoms with Gasteiger partial charge in [-0.3, -0.25) is 4.79 Å². The maximum absolute atomic E-state index is 11.4. The Balaban J connectivity index is 2.17. The van der Waals surface area contributed by atoms with Crippen molar-refractivity contribution in [2.24, 2.45) is 0 Å². The van der Waals surface area contributed by atoms with Gasteiger partial charge in [-0.2, -0.15) is 0 Å². The van der Waals surface area contributed by atoms with Gasteiger partial charge in [-0.15, -0.1) is 0 Å². The first-order valence-electron chi connectivity index (χ1n) is 4.83. The van der Waals surface area contributed by atoms with Gasteiger partial charge in [-0.05, 0) is 17.5 Å². The molecule has 14 heavy (non-hydrogen) atoms. The van der Waals surface area contributed by atoms with Gasteiger partial charge in [0, 0.05) is 13.6 Å². The van der Waals surface area contributed by atoms with Gasteiger partial charge < -0.3 is 10.6 Å². The Hall–Kier alpha value is -1.35. The van der Waals surface area contributed by atoms with Crippen molar-refractivity contribution in [2.45, 2.75) is 19.0 Å². The summed E-state index contributed by atoms with van der Waals surface area (Å²) in [5.74, 6) is 0.0690. The molecule has 0 aromatic heterocycles. The molecule has 2 rings (SSSR count). The van der Waals surface area contributed by atoms with E-state index in [1.54, 1.807) is 7.05 Å². The Labute approximate surface area is 83.5 Å². The van der Waals surface area contributed by atoms with Crippen LogP contribution < -0.4 is 10.6 Å². The summed E-state index contributed by atoms with van der Waals surface area (Å²) >= 11 is 0. The molecule has 0 spiro atoms. The molecular formula is C11H14N2O. The number of hydrogen-bond acceptors (Lipinski definition) is 2. The maximum atomic E-state index is 11.4. The van der Waals surface area contributed by atoms with E-state index in [0.29, 0.717) is 0 Å². The SMILES string of the molecule is CNC(=O)[C@@H]1Cc2ccccc2CN1. The quantitative estimate of drug-likeness (QED) is 0.675. The van der Waals surface area contributed by atoms with Gasteiger partial charge >= 0.3 is 0 Å². The van der Waals surface area contributed by atoms with Crippen LogP contribution in [-0.2, 0) is 17.8 Å². The van der Waals surface area contributed by atoms with E-state index in [4.69, 9.17) is 0 Å². The largest absolute Gasteiger partial charge is 0.358 e. The summed E-state index contributed by atoms with van der Waals surface area (Å²) in [5.41, 5.74) is 2.58. The highest BCUT2D eigenvalue weighted by molar-refractivity contribution is 5.82. The Kier molecular flexibility index (Phi) is 2.50. The molecule has 0 bridgehead atoms. The van der Waals surface area contributed by atoms with E-state index in [2.05, 4.69) is 22.8 Å². The number of rotatable bonds is 1. The molecule has 1 aromatic carbocycles. The van der Waals surface area contributed by atoms with Crippen molar-refractivity contribution >= 4 is 5.91 Å². The predicted molar refractivity (Wildman–Crippen MR) is 54.8 cm³/mol. The van der Waals surface area contributed by atoms with Crippen molar-refractivity contribution in [3.05, 3.63) is 35.4 Å². The highest BCUT2D eigenvalue weighted by atomic mass is 16.2. The molecule has 0 saturated heterocycles. The van der Waals surface area contributed by atoms with Crippen molar-refractivity contribution in [2.75, 3.05) is 7.05 Å². The minimum Gasteiger partial charge on any atom is -0.358 e. The first-order chi connectivity index (χ1) is 6.81. The normalized spacial score (nSPS) is 19.9. The Bertz CT molecular complexity index is 349. The van der Waals surface area contributed by atoms with Gasteiger partial charge in [0.25, 0.3) is 0 Å². The predicted octanol–water partition coefficient (Wildman–Crippen LogP) is 0.447. The Morgan fingerprint density at radius 3 is 2.86 bits per heavy atom. The standard InChI is InChI=1S/C11H14N2O/c1-12-11(14)10-6-8-4-2-3-5-9(8)7-13-10/h2-5,10,13H,6-7H2,1H3,(H,12,14)/t10-/m0/s1. The average molecular weight is 190 g/mol. The van der Waals surface area contributed by atoms with Crippen LogP contribution in [0.15, 0.2) is 24.3 Å². The number of amides is 1. The van der Waals surface area contributed by atoms with Crippen LogP contribution in [0.3, 0.4) is 0 Å². The summed E-state index contributed by atoms with van der Waals surface area (Å²) < 4.78 is 0. The fourth-order valence-corrected chi connectivity index (χ4v) is 1.81. The summed E-state index contributed by atoms with van der Waals surface area (Å²) in [7, 11) is 1.67. The molecule has 1 aliphatic rings. The van der Waals surface area contributed by atoms with Crippen molar-refractivity contribution in [3.8, 4) is 0 Å². The van der Waals surface area contributed by atoms with Gasteiger partial charge in [0.15, 0.2) is 0 Å². The molecule has 3 nitrogen and oxygen atoms in total. The van der Waals surface area contributed by atoms with Crippen LogP contribution in [0.25, 0.3) is 0 Å². The fourth-order valence-electron chi connectivity index (χ4n) is 1.81. The number of fused-ring (bicyclic) bond motifs is 1. The lowest BCUT2D eigenvalue weighted by Crippen LogP contribution is -2.46. The second kappa shape index (κ2) is 3.80. The molecule has 1 aromatic rings. The van der Waals surface area contributed by atoms with Crippen LogP contribution in [0.4, 0.5) is 0 Å². The molecule has 1 amide bonds. The topological polar surface area (TPSA) is 41.1 Å². The third-order valence-electron chi connectivity index (χ3n) is 2.64. The van der Waals surface area contributed by atoms with Crippen molar-refractivity contribution in [1.82, 2.24) is 10.6 Å². The molecule has 2 N–H and O–H groups in total. The first-order valence-corrected chi connectivity index (χ1v) is 4.83. The number of hydrogen-bond donors (Lipinski definition) is 2. The smallest absolute Gasteiger partial charge is 0.237 e. The summed E-state index contributed by atoms with van der Waals surface area (Å²) in [6.45, 7) is 0.786. The second-order valence-electron chi connectivity index (χ2n) is 3.52. The van der Waals surface area contributed by atoms with Crippen molar-refractivity contribution < 1.29 is 4.79 Å². The number of nitrogens with one attached hydrogen (secondary N) is 2. The fraction of sp³-hybridized carbons (Fsp3) is 0.364. The summed E-state index contributed by atoms with van der Waals surface area (Å²) in [4.78, 5) is 11.4. The van der Waals surface area contributed by atoms with Crippen LogP contribution >= 0.6 is 0 Å². The Morgan fingerprint density at radius 1 is 1.43 bits per heavy atom. The van der Waals surface area contributed by atoms with Crippen LogP contribution in [0.2, 0.25) is 0 Å². The summed E-state index contributed by atoms with van der Waals surface area (Å²) in [6.07, 6.45) is 0.788. The van der Waals surface area contributed by atoms with Crippen LogP contribution in [-0.4, -0.2) is 19.0 Å². The zero-order chi connectivity index (χ0) is 9.97. The molecule has 1 heterocycles. The number of likely N-dealkylation sites (N-methyl/N-ethyl adjacent to an activating group) is 1. The number of benzene rings is 1. The second-order valence-corrected chi connectivity index (χ2v) is 3.52. The van der Waals surface area contributed by atoms with E-state index >= 15 is 0 Å². The zero-order valence-electron chi connectivity index (χ0n) is 8.21. The lowest BCUT2D eigenvalue weighted by molar-refractivity contribution is -0.122. The zero-order valence-corrected chi connectivity index (χ0v) is 8.21. The maximum Gasteiger partial charge on any atom is 0.237 e. The molecule has 0 saturated carbocycles. The van der Waals surface area contributed by atoms with Crippen LogP contribution in [0.5, 0.6) is 0 Å². The lowest BCUT2D eigenvalue weighted by Gasteiger charge is -2.24. The molecule has 1 aliphatic heterocycles. The van der Waals surface area contributed by atoms with Gasteiger partial charge in [0.2, 0.25) is 5.91 Å². The van der Waals surface area contributed by atoms with Crippen molar-refractivity contribution in [3.63, 3.8) is 0 Å². The third-order valence-corrected chi connectivity index (χ3v) is 2.64. The van der Waals surface area contributed by atoms with E-state index in [1.165, 1.54) is 11.1 Å². The number of carbonyl (C=O) groups excluding carboxylic acids is 1. The minimum atomic E-state index is -0.0742. The highest BCUT2D eigenvalue weighted by Gasteiger charge is 2.22. The molecule has 0 aliphatic carbocycles. The monoisotopic (exact) mass is 190 g/mol. The van der Waals surface area contributed by atoms with Gasteiger partial charge in [0.1, 0.15) is 0 Å². The van der Waals surface area contributed by atoms with Crippen LogP contribution in [0.1, 0.15) is 11.1 Å². The van der Waals surface area contributed by atoms with E-state index < -0.39 is 0 Å². The summed E-state index contributed by atoms with van der Waals surface area (Å²) in [6, 6.07) is 8.16.